The first-order valence-corrected chi connectivity index (χ1v) is 5.78. The Balaban J connectivity index is 0.000000317. The summed E-state index contributed by atoms with van der Waals surface area (Å²) in [6.07, 6.45) is 4.02. The fourth-order valence-electron chi connectivity index (χ4n) is 1.19. The maximum Gasteiger partial charge on any atom is 0.192 e. The third-order valence-electron chi connectivity index (χ3n) is 2.37. The molecule has 3 heteroatoms. The van der Waals surface area contributed by atoms with E-state index < -0.39 is 0 Å². The van der Waals surface area contributed by atoms with Crippen molar-refractivity contribution in [3.05, 3.63) is 40.8 Å². The highest BCUT2D eigenvalue weighted by atomic mass is 16.5. The minimum Gasteiger partial charge on any atom is -0.497 e. The number of hydrogen-bond donors (Lipinski definition) is 0. The average molecular weight is 234 g/mol. The van der Waals surface area contributed by atoms with E-state index in [1.165, 1.54) is 25.2 Å². The second-order valence-electron chi connectivity index (χ2n) is 3.65. The van der Waals surface area contributed by atoms with E-state index >= 15 is 0 Å². The lowest BCUT2D eigenvalue weighted by atomic mass is 10.2. The van der Waals surface area contributed by atoms with Crippen LogP contribution in [0.2, 0.25) is 0 Å². The van der Waals surface area contributed by atoms with Crippen molar-refractivity contribution < 1.29 is 9.15 Å². The summed E-state index contributed by atoms with van der Waals surface area (Å²) in [7, 11) is 1.57. The largest absolute Gasteiger partial charge is 0.497 e. The molecule has 92 valence electrons. The van der Waals surface area contributed by atoms with E-state index in [0.717, 1.165) is 0 Å². The van der Waals surface area contributed by atoms with Crippen molar-refractivity contribution in [1.29, 1.82) is 0 Å². The predicted octanol–water partition coefficient (Wildman–Crippen LogP) is 3.61. The van der Waals surface area contributed by atoms with Crippen LogP contribution in [0.25, 0.3) is 11.0 Å². The van der Waals surface area contributed by atoms with Crippen LogP contribution in [0.3, 0.4) is 0 Å². The number of methoxy groups -OCH3 is 1. The van der Waals surface area contributed by atoms with Crippen molar-refractivity contribution in [3.8, 4) is 5.75 Å². The molecule has 2 rings (SSSR count). The molecule has 0 aliphatic carbocycles. The standard InChI is InChI=1S/C10H8O3.C4H10/c1-12-7-2-3-8-9(11)4-5-13-10(8)6-7;1-3-4-2/h2-6H,1H3;3-4H2,1-2H3. The third kappa shape index (κ3) is 3.63. The molecule has 17 heavy (non-hydrogen) atoms. The number of fused-ring (bicyclic) bond motifs is 1. The fourth-order valence-corrected chi connectivity index (χ4v) is 1.19. The topological polar surface area (TPSA) is 39.4 Å². The van der Waals surface area contributed by atoms with Gasteiger partial charge in [0.25, 0.3) is 0 Å². The van der Waals surface area contributed by atoms with Crippen LogP contribution in [0.1, 0.15) is 26.7 Å². The summed E-state index contributed by atoms with van der Waals surface area (Å²) < 4.78 is 10.2. The molecule has 0 bridgehead atoms. The summed E-state index contributed by atoms with van der Waals surface area (Å²) in [4.78, 5) is 11.3. The second kappa shape index (κ2) is 6.74. The zero-order valence-corrected chi connectivity index (χ0v) is 10.5. The van der Waals surface area contributed by atoms with Crippen LogP contribution in [0.15, 0.2) is 39.7 Å². The number of rotatable bonds is 2. The van der Waals surface area contributed by atoms with E-state index in [1.807, 2.05) is 0 Å². The molecule has 0 aliphatic heterocycles. The highest BCUT2D eigenvalue weighted by molar-refractivity contribution is 5.77. The van der Waals surface area contributed by atoms with Gasteiger partial charge in [-0.05, 0) is 12.1 Å². The molecule has 0 unspecified atom stereocenters. The maximum absolute atomic E-state index is 11.3. The number of ether oxygens (including phenoxy) is 1. The van der Waals surface area contributed by atoms with Crippen LogP contribution in [0.4, 0.5) is 0 Å². The molecule has 0 aliphatic rings. The maximum atomic E-state index is 11.3. The van der Waals surface area contributed by atoms with Crippen molar-refractivity contribution in [2.24, 2.45) is 0 Å². The van der Waals surface area contributed by atoms with Gasteiger partial charge in [-0.3, -0.25) is 4.79 Å². The summed E-state index contributed by atoms with van der Waals surface area (Å²) >= 11 is 0. The van der Waals surface area contributed by atoms with Crippen LogP contribution in [0.5, 0.6) is 5.75 Å². The SMILES string of the molecule is CCCC.COc1ccc2c(=O)ccoc2c1. The van der Waals surface area contributed by atoms with E-state index in [9.17, 15) is 4.79 Å². The van der Waals surface area contributed by atoms with Crippen molar-refractivity contribution in [2.75, 3.05) is 7.11 Å². The first-order chi connectivity index (χ1) is 8.22. The summed E-state index contributed by atoms with van der Waals surface area (Å²) in [5.41, 5.74) is 0.510. The Hall–Kier alpha value is -1.77. The zero-order chi connectivity index (χ0) is 12.7. The predicted molar refractivity (Wildman–Crippen MR) is 69.6 cm³/mol. The van der Waals surface area contributed by atoms with E-state index in [0.29, 0.717) is 16.7 Å². The lowest BCUT2D eigenvalue weighted by Gasteiger charge is -1.99. The Morgan fingerprint density at radius 2 is 1.88 bits per heavy atom. The van der Waals surface area contributed by atoms with Crippen molar-refractivity contribution >= 4 is 11.0 Å². The van der Waals surface area contributed by atoms with Gasteiger partial charge in [-0.2, -0.15) is 0 Å². The molecular formula is C14H18O3. The second-order valence-corrected chi connectivity index (χ2v) is 3.65. The molecule has 1 aromatic carbocycles. The lowest BCUT2D eigenvalue weighted by molar-refractivity contribution is 0.414. The molecule has 0 radical (unpaired) electrons. The number of hydrogen-bond acceptors (Lipinski definition) is 3. The molecule has 0 spiro atoms. The molecule has 1 heterocycles. The van der Waals surface area contributed by atoms with Crippen LogP contribution >= 0.6 is 0 Å². The zero-order valence-electron chi connectivity index (χ0n) is 10.5. The minimum absolute atomic E-state index is 0.0381. The monoisotopic (exact) mass is 234 g/mol. The van der Waals surface area contributed by atoms with Gasteiger partial charge < -0.3 is 9.15 Å². The Kier molecular flexibility index (Phi) is 5.27. The molecule has 0 saturated heterocycles. The summed E-state index contributed by atoms with van der Waals surface area (Å²) in [5, 5.41) is 0.573. The fraction of sp³-hybridized carbons (Fsp3) is 0.357. The van der Waals surface area contributed by atoms with Gasteiger partial charge in [0.1, 0.15) is 11.3 Å². The number of benzene rings is 1. The molecular weight excluding hydrogens is 216 g/mol. The molecule has 0 fully saturated rings. The molecule has 0 atom stereocenters. The Morgan fingerprint density at radius 1 is 1.18 bits per heavy atom. The van der Waals surface area contributed by atoms with Crippen LogP contribution < -0.4 is 10.2 Å². The van der Waals surface area contributed by atoms with Crippen molar-refractivity contribution in [3.63, 3.8) is 0 Å². The lowest BCUT2D eigenvalue weighted by Crippen LogP contribution is -1.97. The average Bonchev–Trinajstić information content (AvgIpc) is 2.39. The molecule has 0 saturated carbocycles. The molecule has 0 N–H and O–H groups in total. The van der Waals surface area contributed by atoms with Gasteiger partial charge in [0.2, 0.25) is 0 Å². The molecule has 2 aromatic rings. The van der Waals surface area contributed by atoms with E-state index in [1.54, 1.807) is 25.3 Å². The van der Waals surface area contributed by atoms with Gasteiger partial charge in [-0.15, -0.1) is 0 Å². The summed E-state index contributed by atoms with van der Waals surface area (Å²) in [5.74, 6) is 0.682. The van der Waals surface area contributed by atoms with E-state index in [2.05, 4.69) is 13.8 Å². The highest BCUT2D eigenvalue weighted by Crippen LogP contribution is 2.17. The van der Waals surface area contributed by atoms with Gasteiger partial charge in [0, 0.05) is 12.1 Å². The van der Waals surface area contributed by atoms with Gasteiger partial charge in [0.05, 0.1) is 18.8 Å². The highest BCUT2D eigenvalue weighted by Gasteiger charge is 2.00. The smallest absolute Gasteiger partial charge is 0.192 e. The van der Waals surface area contributed by atoms with Gasteiger partial charge >= 0.3 is 0 Å². The van der Waals surface area contributed by atoms with Gasteiger partial charge in [-0.1, -0.05) is 26.7 Å². The van der Waals surface area contributed by atoms with E-state index in [4.69, 9.17) is 9.15 Å². The van der Waals surface area contributed by atoms with Crippen molar-refractivity contribution in [2.45, 2.75) is 26.7 Å². The Morgan fingerprint density at radius 3 is 2.47 bits per heavy atom. The van der Waals surface area contributed by atoms with Gasteiger partial charge in [0.15, 0.2) is 5.43 Å². The van der Waals surface area contributed by atoms with E-state index in [-0.39, 0.29) is 5.43 Å². The molecule has 0 amide bonds. The third-order valence-corrected chi connectivity index (χ3v) is 2.37. The molecule has 3 nitrogen and oxygen atoms in total. The quantitative estimate of drug-likeness (QED) is 0.796. The Labute approximate surface area is 101 Å². The van der Waals surface area contributed by atoms with Crippen LogP contribution in [0, 0.1) is 0 Å². The van der Waals surface area contributed by atoms with Crippen molar-refractivity contribution in [1.82, 2.24) is 0 Å². The first kappa shape index (κ1) is 13.3. The van der Waals surface area contributed by atoms with Crippen LogP contribution in [-0.4, -0.2) is 7.11 Å². The summed E-state index contributed by atoms with van der Waals surface area (Å²) in [6, 6.07) is 6.52. The number of unbranched alkanes of at least 4 members (excludes halogenated alkanes) is 1. The normalized spacial score (nSPS) is 9.59. The Bertz CT molecular complexity index is 512. The minimum atomic E-state index is -0.0381. The van der Waals surface area contributed by atoms with Gasteiger partial charge in [-0.25, -0.2) is 0 Å². The van der Waals surface area contributed by atoms with Crippen LogP contribution in [-0.2, 0) is 0 Å². The summed E-state index contributed by atoms with van der Waals surface area (Å²) in [6.45, 7) is 4.36. The first-order valence-electron chi connectivity index (χ1n) is 5.78. The molecule has 1 aromatic heterocycles.